The summed E-state index contributed by atoms with van der Waals surface area (Å²) in [7, 11) is 0. The zero-order valence-electron chi connectivity index (χ0n) is 11.1. The second-order valence-electron chi connectivity index (χ2n) is 4.92. The first kappa shape index (κ1) is 13.2. The lowest BCUT2D eigenvalue weighted by molar-refractivity contribution is 0.0656. The van der Waals surface area contributed by atoms with Crippen LogP contribution in [0.25, 0.3) is 0 Å². The Morgan fingerprint density at radius 2 is 1.38 bits per heavy atom. The Morgan fingerprint density at radius 1 is 0.857 bits per heavy atom. The molecule has 0 unspecified atom stereocenters. The summed E-state index contributed by atoms with van der Waals surface area (Å²) in [6, 6.07) is 10.9. The summed E-state index contributed by atoms with van der Waals surface area (Å²) in [6.45, 7) is 0.204. The van der Waals surface area contributed by atoms with E-state index in [-0.39, 0.29) is 29.9 Å². The zero-order chi connectivity index (χ0) is 15.0. The number of carbonyl (C=O) groups excluding carboxylic acids is 2. The molecule has 0 aliphatic carbocycles. The van der Waals surface area contributed by atoms with Crippen LogP contribution in [0.5, 0.6) is 11.5 Å². The molecule has 1 heterocycles. The largest absolute Gasteiger partial charge is 0.508 e. The maximum absolute atomic E-state index is 12.2. The van der Waals surface area contributed by atoms with Crippen molar-refractivity contribution in [2.24, 2.45) is 0 Å². The van der Waals surface area contributed by atoms with Gasteiger partial charge in [-0.05, 0) is 36.2 Å². The fourth-order valence-electron chi connectivity index (χ4n) is 2.48. The van der Waals surface area contributed by atoms with Crippen LogP contribution in [0.1, 0.15) is 26.3 Å². The quantitative estimate of drug-likeness (QED) is 0.844. The first-order valence-corrected chi connectivity index (χ1v) is 6.53. The van der Waals surface area contributed by atoms with E-state index in [1.807, 2.05) is 0 Å². The molecule has 2 aromatic rings. The van der Waals surface area contributed by atoms with E-state index in [1.54, 1.807) is 24.3 Å². The van der Waals surface area contributed by atoms with Crippen molar-refractivity contribution in [2.45, 2.75) is 6.42 Å². The summed E-state index contributed by atoms with van der Waals surface area (Å²) in [5.41, 5.74) is 1.49. The SMILES string of the molecule is O=C1c2ccccc2C(=O)N1CCc1cc(O)cc(O)c1. The van der Waals surface area contributed by atoms with E-state index in [1.165, 1.54) is 23.1 Å². The molecular weight excluding hydrogens is 270 g/mol. The van der Waals surface area contributed by atoms with Gasteiger partial charge in [0.15, 0.2) is 0 Å². The van der Waals surface area contributed by atoms with Gasteiger partial charge < -0.3 is 10.2 Å². The van der Waals surface area contributed by atoms with Crippen LogP contribution in [0.3, 0.4) is 0 Å². The molecule has 0 fully saturated rings. The maximum atomic E-state index is 12.2. The van der Waals surface area contributed by atoms with E-state index in [9.17, 15) is 19.8 Å². The molecule has 5 heteroatoms. The lowest BCUT2D eigenvalue weighted by Gasteiger charge is -2.13. The predicted molar refractivity (Wildman–Crippen MR) is 75.3 cm³/mol. The number of hydrogen-bond acceptors (Lipinski definition) is 4. The standard InChI is InChI=1S/C16H13NO4/c18-11-7-10(8-12(19)9-11)5-6-17-15(20)13-3-1-2-4-14(13)16(17)21/h1-4,7-9,18-19H,5-6H2. The third-order valence-electron chi connectivity index (χ3n) is 3.46. The first-order valence-electron chi connectivity index (χ1n) is 6.53. The molecule has 21 heavy (non-hydrogen) atoms. The van der Waals surface area contributed by atoms with Gasteiger partial charge in [0.2, 0.25) is 0 Å². The maximum Gasteiger partial charge on any atom is 0.261 e. The van der Waals surface area contributed by atoms with E-state index in [0.717, 1.165) is 0 Å². The molecule has 2 amide bonds. The Morgan fingerprint density at radius 3 is 1.90 bits per heavy atom. The summed E-state index contributed by atoms with van der Waals surface area (Å²) < 4.78 is 0. The Kier molecular flexibility index (Phi) is 3.10. The Balaban J connectivity index is 1.78. The fraction of sp³-hybridized carbons (Fsp3) is 0.125. The third-order valence-corrected chi connectivity index (χ3v) is 3.46. The molecule has 2 aromatic carbocycles. The highest BCUT2D eigenvalue weighted by Gasteiger charge is 2.34. The predicted octanol–water partition coefficient (Wildman–Crippen LogP) is 1.94. The molecule has 0 spiro atoms. The zero-order valence-corrected chi connectivity index (χ0v) is 11.1. The van der Waals surface area contributed by atoms with E-state index >= 15 is 0 Å². The number of amides is 2. The molecule has 5 nitrogen and oxygen atoms in total. The van der Waals surface area contributed by atoms with Crippen molar-refractivity contribution in [1.82, 2.24) is 4.90 Å². The van der Waals surface area contributed by atoms with Gasteiger partial charge in [-0.2, -0.15) is 0 Å². The minimum Gasteiger partial charge on any atom is -0.508 e. The second-order valence-corrected chi connectivity index (χ2v) is 4.92. The van der Waals surface area contributed by atoms with Gasteiger partial charge in [0, 0.05) is 12.6 Å². The summed E-state index contributed by atoms with van der Waals surface area (Å²) in [6.07, 6.45) is 0.368. The van der Waals surface area contributed by atoms with Crippen LogP contribution in [0, 0.1) is 0 Å². The minimum atomic E-state index is -0.306. The average Bonchev–Trinajstić information content (AvgIpc) is 2.69. The summed E-state index contributed by atoms with van der Waals surface area (Å²) in [5.74, 6) is -0.709. The van der Waals surface area contributed by atoms with E-state index < -0.39 is 0 Å². The van der Waals surface area contributed by atoms with Gasteiger partial charge in [0.05, 0.1) is 11.1 Å². The van der Waals surface area contributed by atoms with E-state index in [0.29, 0.717) is 23.1 Å². The van der Waals surface area contributed by atoms with Crippen LogP contribution in [0.15, 0.2) is 42.5 Å². The van der Waals surface area contributed by atoms with Gasteiger partial charge in [-0.1, -0.05) is 12.1 Å². The Bertz CT molecular complexity index is 684. The second kappa shape index (κ2) is 4.94. The summed E-state index contributed by atoms with van der Waals surface area (Å²) in [5, 5.41) is 18.8. The molecule has 1 aliphatic rings. The molecular formula is C16H13NO4. The molecule has 0 atom stereocenters. The molecule has 0 saturated carbocycles. The van der Waals surface area contributed by atoms with Crippen molar-refractivity contribution in [3.05, 3.63) is 59.2 Å². The molecule has 0 bridgehead atoms. The van der Waals surface area contributed by atoms with E-state index in [4.69, 9.17) is 0 Å². The van der Waals surface area contributed by atoms with Crippen LogP contribution in [-0.4, -0.2) is 33.5 Å². The van der Waals surface area contributed by atoms with Crippen molar-refractivity contribution in [1.29, 1.82) is 0 Å². The minimum absolute atomic E-state index is 0.0487. The fourth-order valence-corrected chi connectivity index (χ4v) is 2.48. The van der Waals surface area contributed by atoms with Crippen molar-refractivity contribution in [3.8, 4) is 11.5 Å². The number of phenols is 2. The number of imide groups is 1. The number of phenolic OH excluding ortho intramolecular Hbond substituents is 2. The van der Waals surface area contributed by atoms with Crippen molar-refractivity contribution < 1.29 is 19.8 Å². The highest BCUT2D eigenvalue weighted by atomic mass is 16.3. The number of fused-ring (bicyclic) bond motifs is 1. The van der Waals surface area contributed by atoms with Crippen molar-refractivity contribution in [3.63, 3.8) is 0 Å². The normalized spacial score (nSPS) is 13.6. The molecule has 106 valence electrons. The van der Waals surface area contributed by atoms with Gasteiger partial charge in [0.25, 0.3) is 11.8 Å². The van der Waals surface area contributed by atoms with Crippen molar-refractivity contribution in [2.75, 3.05) is 6.54 Å². The topological polar surface area (TPSA) is 77.8 Å². The molecule has 1 aliphatic heterocycles. The lowest BCUT2D eigenvalue weighted by atomic mass is 10.1. The van der Waals surface area contributed by atoms with Crippen LogP contribution in [0.2, 0.25) is 0 Å². The highest BCUT2D eigenvalue weighted by molar-refractivity contribution is 6.21. The number of aromatic hydroxyl groups is 2. The van der Waals surface area contributed by atoms with Gasteiger partial charge in [0.1, 0.15) is 11.5 Å². The summed E-state index contributed by atoms with van der Waals surface area (Å²) in [4.78, 5) is 25.5. The Labute approximate surface area is 121 Å². The summed E-state index contributed by atoms with van der Waals surface area (Å²) >= 11 is 0. The lowest BCUT2D eigenvalue weighted by Crippen LogP contribution is -2.31. The highest BCUT2D eigenvalue weighted by Crippen LogP contribution is 2.24. The number of benzene rings is 2. The smallest absolute Gasteiger partial charge is 0.261 e. The molecule has 0 radical (unpaired) electrons. The molecule has 2 N–H and O–H groups in total. The van der Waals surface area contributed by atoms with E-state index in [2.05, 4.69) is 0 Å². The number of hydrogen-bond donors (Lipinski definition) is 2. The first-order chi connectivity index (χ1) is 10.1. The number of nitrogens with zero attached hydrogens (tertiary/aromatic N) is 1. The monoisotopic (exact) mass is 283 g/mol. The number of rotatable bonds is 3. The third kappa shape index (κ3) is 2.33. The van der Waals surface area contributed by atoms with Gasteiger partial charge in [-0.3, -0.25) is 14.5 Å². The molecule has 0 aromatic heterocycles. The van der Waals surface area contributed by atoms with Gasteiger partial charge in [-0.25, -0.2) is 0 Å². The molecule has 0 saturated heterocycles. The number of carbonyl (C=O) groups is 2. The van der Waals surface area contributed by atoms with Crippen LogP contribution >= 0.6 is 0 Å². The van der Waals surface area contributed by atoms with Crippen LogP contribution < -0.4 is 0 Å². The average molecular weight is 283 g/mol. The van der Waals surface area contributed by atoms with Crippen LogP contribution in [0.4, 0.5) is 0 Å². The molecule has 3 rings (SSSR count). The van der Waals surface area contributed by atoms with Crippen molar-refractivity contribution >= 4 is 11.8 Å². The van der Waals surface area contributed by atoms with Gasteiger partial charge in [-0.15, -0.1) is 0 Å². The van der Waals surface area contributed by atoms with Crippen LogP contribution in [-0.2, 0) is 6.42 Å². The van der Waals surface area contributed by atoms with Gasteiger partial charge >= 0.3 is 0 Å². The Hall–Kier alpha value is -2.82.